The third-order valence-electron chi connectivity index (χ3n) is 4.14. The second-order valence-corrected chi connectivity index (χ2v) is 6.16. The van der Waals surface area contributed by atoms with Crippen LogP contribution in [0.3, 0.4) is 0 Å². The van der Waals surface area contributed by atoms with Crippen LogP contribution in [0.1, 0.15) is 25.0 Å². The minimum absolute atomic E-state index is 0.0229. The molecule has 2 aromatic carbocycles. The van der Waals surface area contributed by atoms with Gasteiger partial charge in [0.25, 0.3) is 0 Å². The lowest BCUT2D eigenvalue weighted by Crippen LogP contribution is -2.20. The van der Waals surface area contributed by atoms with Gasteiger partial charge in [-0.25, -0.2) is 4.79 Å². The van der Waals surface area contributed by atoms with Gasteiger partial charge in [-0.3, -0.25) is 0 Å². The van der Waals surface area contributed by atoms with Crippen LogP contribution in [0.25, 0.3) is 0 Å². The van der Waals surface area contributed by atoms with Gasteiger partial charge in [-0.1, -0.05) is 60.7 Å². The third-order valence-corrected chi connectivity index (χ3v) is 4.14. The maximum atomic E-state index is 12.5. The number of benzene rings is 2. The Morgan fingerprint density at radius 3 is 2.18 bits per heavy atom. The van der Waals surface area contributed by atoms with Crippen LogP contribution < -0.4 is 5.32 Å². The Balaban J connectivity index is 2.36. The molecular weight excluding hydrogens is 352 g/mol. The summed E-state index contributed by atoms with van der Waals surface area (Å²) in [6, 6.07) is 21.0. The fourth-order valence-electron chi connectivity index (χ4n) is 2.68. The lowest BCUT2D eigenvalue weighted by atomic mass is 10.0. The van der Waals surface area contributed by atoms with E-state index in [1.54, 1.807) is 13.8 Å². The molecule has 5 heteroatoms. The number of hydrogen-bond donors (Lipinski definition) is 2. The average molecular weight is 376 g/mol. The Hall–Kier alpha value is -3.52. The molecule has 144 valence electrons. The first-order valence-corrected chi connectivity index (χ1v) is 9.09. The van der Waals surface area contributed by atoms with Crippen LogP contribution in [0.4, 0.5) is 0 Å². The first-order valence-electron chi connectivity index (χ1n) is 9.09. The van der Waals surface area contributed by atoms with E-state index >= 15 is 0 Å². The normalized spacial score (nSPS) is 12.3. The number of aliphatic hydroxyl groups excluding tert-OH is 1. The zero-order valence-electron chi connectivity index (χ0n) is 16.1. The minimum atomic E-state index is -0.668. The van der Waals surface area contributed by atoms with Crippen LogP contribution >= 0.6 is 0 Å². The van der Waals surface area contributed by atoms with E-state index in [0.717, 1.165) is 11.1 Å². The molecule has 0 saturated carbocycles. The van der Waals surface area contributed by atoms with E-state index in [0.29, 0.717) is 12.2 Å². The molecule has 0 atom stereocenters. The van der Waals surface area contributed by atoms with Gasteiger partial charge in [0, 0.05) is 18.7 Å². The van der Waals surface area contributed by atoms with E-state index < -0.39 is 5.97 Å². The Morgan fingerprint density at radius 2 is 1.64 bits per heavy atom. The molecule has 0 aliphatic carbocycles. The van der Waals surface area contributed by atoms with Crippen LogP contribution in [0.2, 0.25) is 0 Å². The summed E-state index contributed by atoms with van der Waals surface area (Å²) in [6.45, 7) is 4.02. The lowest BCUT2D eigenvalue weighted by Gasteiger charge is -2.14. The Morgan fingerprint density at radius 1 is 1.07 bits per heavy atom. The number of esters is 1. The smallest absolute Gasteiger partial charge is 0.343 e. The molecule has 0 saturated heterocycles. The van der Waals surface area contributed by atoms with Crippen LogP contribution in [0.15, 0.2) is 83.3 Å². The van der Waals surface area contributed by atoms with Gasteiger partial charge >= 0.3 is 5.97 Å². The summed E-state index contributed by atoms with van der Waals surface area (Å²) < 4.78 is 5.10. The molecule has 0 aromatic heterocycles. The van der Waals surface area contributed by atoms with Crippen molar-refractivity contribution in [2.45, 2.75) is 26.8 Å². The Kier molecular flexibility index (Phi) is 7.86. The fraction of sp³-hybridized carbons (Fsp3) is 0.217. The zero-order valence-corrected chi connectivity index (χ0v) is 16.1. The van der Waals surface area contributed by atoms with E-state index in [-0.39, 0.29) is 29.9 Å². The van der Waals surface area contributed by atoms with Crippen LogP contribution in [0.5, 0.6) is 0 Å². The number of nitrogens with one attached hydrogen (secondary N) is 1. The SMILES string of the molecule is CCOC(=O)C(=C(\C)NCc1ccccc1)/C(O)=C(\C#N)Cc1ccccc1. The highest BCUT2D eigenvalue weighted by atomic mass is 16.5. The molecule has 5 nitrogen and oxygen atoms in total. The van der Waals surface area contributed by atoms with Gasteiger partial charge in [-0.05, 0) is 25.0 Å². The summed E-state index contributed by atoms with van der Waals surface area (Å²) in [4.78, 5) is 12.5. The molecule has 0 aliphatic rings. The topological polar surface area (TPSA) is 82.3 Å². The van der Waals surface area contributed by atoms with E-state index in [2.05, 4.69) is 5.32 Å². The summed E-state index contributed by atoms with van der Waals surface area (Å²) in [5.74, 6) is -1.03. The monoisotopic (exact) mass is 376 g/mol. The van der Waals surface area contributed by atoms with Crippen molar-refractivity contribution in [1.82, 2.24) is 5.32 Å². The summed E-state index contributed by atoms with van der Waals surface area (Å²) in [5, 5.41) is 23.4. The van der Waals surface area contributed by atoms with Crippen molar-refractivity contribution in [1.29, 1.82) is 5.26 Å². The second kappa shape index (κ2) is 10.6. The highest BCUT2D eigenvalue weighted by Gasteiger charge is 2.22. The van der Waals surface area contributed by atoms with Crippen molar-refractivity contribution in [3.05, 3.63) is 94.4 Å². The number of carbonyl (C=O) groups is 1. The minimum Gasteiger partial charge on any atom is -0.506 e. The maximum Gasteiger partial charge on any atom is 0.343 e. The number of hydrogen-bond acceptors (Lipinski definition) is 5. The standard InChI is InChI=1S/C23H24N2O3/c1-3-28-23(27)21(17(2)25-16-19-12-8-5-9-13-19)22(26)20(15-24)14-18-10-6-4-7-11-18/h4-13,25-26H,3,14,16H2,1-2H3/b21-17+,22-20+. The molecule has 0 bridgehead atoms. The van der Waals surface area contributed by atoms with Crippen molar-refractivity contribution in [3.63, 3.8) is 0 Å². The van der Waals surface area contributed by atoms with Crippen molar-refractivity contribution in [2.75, 3.05) is 6.61 Å². The van der Waals surface area contributed by atoms with Crippen LogP contribution in [-0.4, -0.2) is 17.7 Å². The van der Waals surface area contributed by atoms with Gasteiger partial charge in [-0.15, -0.1) is 0 Å². The van der Waals surface area contributed by atoms with Crippen molar-refractivity contribution >= 4 is 5.97 Å². The first-order chi connectivity index (χ1) is 13.6. The fourth-order valence-corrected chi connectivity index (χ4v) is 2.68. The first kappa shape index (κ1) is 20.8. The number of nitriles is 1. The summed E-state index contributed by atoms with van der Waals surface area (Å²) >= 11 is 0. The molecule has 0 radical (unpaired) electrons. The highest BCUT2D eigenvalue weighted by Crippen LogP contribution is 2.20. The molecule has 0 unspecified atom stereocenters. The van der Waals surface area contributed by atoms with Gasteiger partial charge in [-0.2, -0.15) is 5.26 Å². The number of rotatable bonds is 8. The highest BCUT2D eigenvalue weighted by molar-refractivity contribution is 5.93. The maximum absolute atomic E-state index is 12.5. The van der Waals surface area contributed by atoms with Crippen molar-refractivity contribution in [3.8, 4) is 6.07 Å². The molecule has 0 heterocycles. The van der Waals surface area contributed by atoms with Gasteiger partial charge < -0.3 is 15.2 Å². The quantitative estimate of drug-likeness (QED) is 0.237. The molecule has 0 aliphatic heterocycles. The summed E-state index contributed by atoms with van der Waals surface area (Å²) in [6.07, 6.45) is 0.220. The number of ether oxygens (including phenoxy) is 1. The largest absolute Gasteiger partial charge is 0.506 e. The van der Waals surface area contributed by atoms with Crippen molar-refractivity contribution in [2.24, 2.45) is 0 Å². The zero-order chi connectivity index (χ0) is 20.4. The van der Waals surface area contributed by atoms with Crippen molar-refractivity contribution < 1.29 is 14.6 Å². The Labute approximate surface area is 165 Å². The molecular formula is C23H24N2O3. The lowest BCUT2D eigenvalue weighted by molar-refractivity contribution is -0.138. The number of aliphatic hydroxyl groups is 1. The van der Waals surface area contributed by atoms with Gasteiger partial charge in [0.1, 0.15) is 11.3 Å². The second-order valence-electron chi connectivity index (χ2n) is 6.16. The van der Waals surface area contributed by atoms with Gasteiger partial charge in [0.15, 0.2) is 0 Å². The Bertz CT molecular complexity index is 894. The number of nitrogens with zero attached hydrogens (tertiary/aromatic N) is 1. The predicted octanol–water partition coefficient (Wildman–Crippen LogP) is 4.19. The molecule has 0 fully saturated rings. The molecule has 0 amide bonds. The van der Waals surface area contributed by atoms with E-state index in [9.17, 15) is 15.2 Å². The van der Waals surface area contributed by atoms with Gasteiger partial charge in [0.05, 0.1) is 18.2 Å². The number of allylic oxidation sites excluding steroid dienone is 2. The summed E-state index contributed by atoms with van der Waals surface area (Å²) in [7, 11) is 0. The molecule has 2 rings (SSSR count). The average Bonchev–Trinajstić information content (AvgIpc) is 2.72. The third kappa shape index (κ3) is 5.75. The van der Waals surface area contributed by atoms with Crippen LogP contribution in [-0.2, 0) is 22.5 Å². The molecule has 2 N–H and O–H groups in total. The number of carbonyl (C=O) groups excluding carboxylic acids is 1. The van der Waals surface area contributed by atoms with Crippen LogP contribution in [0, 0.1) is 11.3 Å². The predicted molar refractivity (Wildman–Crippen MR) is 108 cm³/mol. The van der Waals surface area contributed by atoms with E-state index in [1.165, 1.54) is 0 Å². The van der Waals surface area contributed by atoms with Gasteiger partial charge in [0.2, 0.25) is 0 Å². The molecule has 2 aromatic rings. The molecule has 28 heavy (non-hydrogen) atoms. The molecule has 0 spiro atoms. The van der Waals surface area contributed by atoms with E-state index in [4.69, 9.17) is 4.74 Å². The summed E-state index contributed by atoms with van der Waals surface area (Å²) in [5.41, 5.74) is 2.42. The van der Waals surface area contributed by atoms with E-state index in [1.807, 2.05) is 66.7 Å².